The molecule has 66 valence electrons. The Morgan fingerprint density at radius 2 is 2.50 bits per heavy atom. The molecule has 0 N–H and O–H groups in total. The molecule has 2 rings (SSSR count). The van der Waals surface area contributed by atoms with E-state index < -0.39 is 0 Å². The lowest BCUT2D eigenvalue weighted by molar-refractivity contribution is -0.139. The number of esters is 1. The predicted octanol–water partition coefficient (Wildman–Crippen LogP) is 0.714. The van der Waals surface area contributed by atoms with Gasteiger partial charge in [-0.25, -0.2) is 0 Å². The number of carbonyl (C=O) groups excluding carboxylic acids is 1. The summed E-state index contributed by atoms with van der Waals surface area (Å²) in [4.78, 5) is 16.2. The van der Waals surface area contributed by atoms with E-state index in [-0.39, 0.29) is 18.0 Å². The monoisotopic (exact) mass is 169 g/mol. The molecule has 12 heavy (non-hydrogen) atoms. The standard InChI is InChI=1S/C8H11NO3/c1-2-3-5-7-6(12-9-5)4-11-8(7)10/h6-7H,2-4H2,1H3/t6-,7-/m1/s1. The zero-order chi connectivity index (χ0) is 8.55. The van der Waals surface area contributed by atoms with E-state index in [1.807, 2.05) is 0 Å². The minimum absolute atomic E-state index is 0.140. The molecule has 2 aliphatic heterocycles. The van der Waals surface area contributed by atoms with Crippen molar-refractivity contribution in [2.75, 3.05) is 6.61 Å². The van der Waals surface area contributed by atoms with Crippen molar-refractivity contribution in [2.24, 2.45) is 11.1 Å². The Morgan fingerprint density at radius 1 is 1.67 bits per heavy atom. The van der Waals surface area contributed by atoms with E-state index >= 15 is 0 Å². The van der Waals surface area contributed by atoms with Gasteiger partial charge >= 0.3 is 5.97 Å². The molecule has 0 saturated carbocycles. The molecule has 4 heteroatoms. The van der Waals surface area contributed by atoms with Gasteiger partial charge < -0.3 is 9.57 Å². The molecule has 0 aliphatic carbocycles. The molecule has 0 spiro atoms. The molecule has 0 unspecified atom stereocenters. The highest BCUT2D eigenvalue weighted by Gasteiger charge is 2.46. The maximum atomic E-state index is 11.2. The topological polar surface area (TPSA) is 47.9 Å². The number of oxime groups is 1. The maximum absolute atomic E-state index is 11.2. The highest BCUT2D eigenvalue weighted by atomic mass is 16.7. The summed E-state index contributed by atoms with van der Waals surface area (Å²) in [6, 6.07) is 0. The normalized spacial score (nSPS) is 32.4. The third-order valence-corrected chi connectivity index (χ3v) is 2.19. The first-order valence-corrected chi connectivity index (χ1v) is 4.22. The summed E-state index contributed by atoms with van der Waals surface area (Å²) in [6.07, 6.45) is 1.67. The summed E-state index contributed by atoms with van der Waals surface area (Å²) >= 11 is 0. The van der Waals surface area contributed by atoms with Crippen LogP contribution in [0.5, 0.6) is 0 Å². The number of fused-ring (bicyclic) bond motifs is 1. The van der Waals surface area contributed by atoms with Gasteiger partial charge in [0.25, 0.3) is 0 Å². The fourth-order valence-corrected chi connectivity index (χ4v) is 1.59. The van der Waals surface area contributed by atoms with Crippen LogP contribution in [-0.2, 0) is 14.4 Å². The van der Waals surface area contributed by atoms with Gasteiger partial charge in [-0.2, -0.15) is 0 Å². The van der Waals surface area contributed by atoms with Crippen LogP contribution in [0.3, 0.4) is 0 Å². The van der Waals surface area contributed by atoms with Gasteiger partial charge in [0.05, 0.1) is 5.71 Å². The average Bonchev–Trinajstić information content (AvgIpc) is 2.58. The lowest BCUT2D eigenvalue weighted by Gasteiger charge is -2.01. The highest BCUT2D eigenvalue weighted by molar-refractivity contribution is 6.04. The molecule has 0 amide bonds. The van der Waals surface area contributed by atoms with Gasteiger partial charge in [0, 0.05) is 0 Å². The number of rotatable bonds is 2. The van der Waals surface area contributed by atoms with Crippen LogP contribution >= 0.6 is 0 Å². The maximum Gasteiger partial charge on any atom is 0.319 e. The van der Waals surface area contributed by atoms with Gasteiger partial charge in [0.2, 0.25) is 0 Å². The second-order valence-corrected chi connectivity index (χ2v) is 3.08. The number of ether oxygens (including phenoxy) is 1. The molecule has 2 aliphatic rings. The van der Waals surface area contributed by atoms with E-state index in [2.05, 4.69) is 12.1 Å². The smallest absolute Gasteiger partial charge is 0.319 e. The number of nitrogens with zero attached hydrogens (tertiary/aromatic N) is 1. The average molecular weight is 169 g/mol. The van der Waals surface area contributed by atoms with Crippen molar-refractivity contribution < 1.29 is 14.4 Å². The van der Waals surface area contributed by atoms with Crippen LogP contribution < -0.4 is 0 Å². The van der Waals surface area contributed by atoms with Crippen molar-refractivity contribution in [3.8, 4) is 0 Å². The van der Waals surface area contributed by atoms with E-state index in [1.165, 1.54) is 0 Å². The summed E-state index contributed by atoms with van der Waals surface area (Å²) in [5, 5.41) is 3.88. The van der Waals surface area contributed by atoms with Gasteiger partial charge in [0.15, 0.2) is 6.10 Å². The fraction of sp³-hybridized carbons (Fsp3) is 0.750. The molecular weight excluding hydrogens is 158 g/mol. The fourth-order valence-electron chi connectivity index (χ4n) is 1.59. The summed E-state index contributed by atoms with van der Waals surface area (Å²) in [5.41, 5.74) is 0.852. The number of carbonyl (C=O) groups is 1. The van der Waals surface area contributed by atoms with Gasteiger partial charge in [-0.3, -0.25) is 4.79 Å². The van der Waals surface area contributed by atoms with Crippen LogP contribution in [0.1, 0.15) is 19.8 Å². The predicted molar refractivity (Wildman–Crippen MR) is 41.7 cm³/mol. The Labute approximate surface area is 70.5 Å². The van der Waals surface area contributed by atoms with Crippen LogP contribution in [0.2, 0.25) is 0 Å². The van der Waals surface area contributed by atoms with Crippen LogP contribution in [0.4, 0.5) is 0 Å². The zero-order valence-corrected chi connectivity index (χ0v) is 6.95. The highest BCUT2D eigenvalue weighted by Crippen LogP contribution is 2.27. The first-order chi connectivity index (χ1) is 5.83. The summed E-state index contributed by atoms with van der Waals surface area (Å²) in [7, 11) is 0. The molecule has 0 aromatic heterocycles. The molecule has 0 bridgehead atoms. The SMILES string of the molecule is CCCC1=NO[C@@H]2COC(=O)[C@H]12. The third kappa shape index (κ3) is 0.983. The Balaban J connectivity index is 2.11. The van der Waals surface area contributed by atoms with Crippen molar-refractivity contribution in [3.63, 3.8) is 0 Å². The third-order valence-electron chi connectivity index (χ3n) is 2.19. The lowest BCUT2D eigenvalue weighted by Crippen LogP contribution is -2.24. The molecule has 0 radical (unpaired) electrons. The Kier molecular flexibility index (Phi) is 1.75. The first-order valence-electron chi connectivity index (χ1n) is 4.22. The van der Waals surface area contributed by atoms with Gasteiger partial charge in [-0.1, -0.05) is 18.5 Å². The van der Waals surface area contributed by atoms with Crippen molar-refractivity contribution in [3.05, 3.63) is 0 Å². The molecule has 2 atom stereocenters. The zero-order valence-electron chi connectivity index (χ0n) is 6.95. The number of hydrogen-bond acceptors (Lipinski definition) is 4. The van der Waals surface area contributed by atoms with Crippen LogP contribution in [-0.4, -0.2) is 24.4 Å². The van der Waals surface area contributed by atoms with Crippen molar-refractivity contribution >= 4 is 11.7 Å². The second-order valence-electron chi connectivity index (χ2n) is 3.08. The van der Waals surface area contributed by atoms with E-state index in [0.29, 0.717) is 6.61 Å². The van der Waals surface area contributed by atoms with E-state index in [9.17, 15) is 4.79 Å². The van der Waals surface area contributed by atoms with Gasteiger partial charge in [-0.05, 0) is 6.42 Å². The first kappa shape index (κ1) is 7.58. The number of hydrogen-bond donors (Lipinski definition) is 0. The molecule has 1 fully saturated rings. The largest absolute Gasteiger partial charge is 0.461 e. The quantitative estimate of drug-likeness (QED) is 0.572. The second kappa shape index (κ2) is 2.77. The Hall–Kier alpha value is -1.06. The van der Waals surface area contributed by atoms with Gasteiger partial charge in [0.1, 0.15) is 12.5 Å². The minimum atomic E-state index is -0.204. The minimum Gasteiger partial charge on any atom is -0.461 e. The van der Waals surface area contributed by atoms with E-state index in [4.69, 9.17) is 9.57 Å². The van der Waals surface area contributed by atoms with Crippen molar-refractivity contribution in [2.45, 2.75) is 25.9 Å². The molecule has 4 nitrogen and oxygen atoms in total. The molecule has 0 aromatic carbocycles. The number of cyclic esters (lactones) is 1. The van der Waals surface area contributed by atoms with Crippen LogP contribution in [0, 0.1) is 5.92 Å². The van der Waals surface area contributed by atoms with Gasteiger partial charge in [-0.15, -0.1) is 0 Å². The van der Waals surface area contributed by atoms with Crippen molar-refractivity contribution in [1.29, 1.82) is 0 Å². The molecule has 0 aromatic rings. The molecule has 1 saturated heterocycles. The summed E-state index contributed by atoms with van der Waals surface area (Å²) in [6.45, 7) is 2.41. The van der Waals surface area contributed by atoms with E-state index in [1.54, 1.807) is 0 Å². The van der Waals surface area contributed by atoms with Crippen LogP contribution in [0.25, 0.3) is 0 Å². The Bertz CT molecular complexity index is 236. The van der Waals surface area contributed by atoms with E-state index in [0.717, 1.165) is 18.6 Å². The lowest BCUT2D eigenvalue weighted by atomic mass is 9.97. The summed E-state index contributed by atoms with van der Waals surface area (Å²) < 4.78 is 4.85. The molecular formula is C8H11NO3. The summed E-state index contributed by atoms with van der Waals surface area (Å²) in [5.74, 6) is -0.380. The van der Waals surface area contributed by atoms with Crippen LogP contribution in [0.15, 0.2) is 5.16 Å². The van der Waals surface area contributed by atoms with Crippen molar-refractivity contribution in [1.82, 2.24) is 0 Å². The Morgan fingerprint density at radius 3 is 3.25 bits per heavy atom. The molecule has 2 heterocycles.